The number of imidazole rings is 1. The molecule has 0 saturated carbocycles. The zero-order valence-corrected chi connectivity index (χ0v) is 14.9. The summed E-state index contributed by atoms with van der Waals surface area (Å²) in [6.45, 7) is 1.10. The minimum absolute atomic E-state index is 0.0526. The highest BCUT2D eigenvalue weighted by molar-refractivity contribution is 7.89. The molecule has 0 aliphatic rings. The van der Waals surface area contributed by atoms with Gasteiger partial charge in [0.25, 0.3) is 0 Å². The summed E-state index contributed by atoms with van der Waals surface area (Å²) in [5, 5.41) is 2.79. The Kier molecular flexibility index (Phi) is 5.65. The van der Waals surface area contributed by atoms with E-state index in [0.29, 0.717) is 13.1 Å². The zero-order valence-electron chi connectivity index (χ0n) is 14.1. The normalized spacial score (nSPS) is 11.5. The molecule has 2 aromatic carbocycles. The number of hydrogen-bond donors (Lipinski definition) is 2. The minimum atomic E-state index is -3.58. The van der Waals surface area contributed by atoms with Crippen LogP contribution in [0.1, 0.15) is 6.42 Å². The topological polar surface area (TPSA) is 93.1 Å². The van der Waals surface area contributed by atoms with E-state index in [2.05, 4.69) is 15.0 Å². The van der Waals surface area contributed by atoms with Crippen LogP contribution >= 0.6 is 0 Å². The second kappa shape index (κ2) is 8.11. The van der Waals surface area contributed by atoms with E-state index in [4.69, 9.17) is 0 Å². The van der Waals surface area contributed by atoms with E-state index < -0.39 is 10.0 Å². The lowest BCUT2D eigenvalue weighted by atomic mass is 10.3. The number of fused-ring (bicyclic) bond motifs is 1. The number of nitrogens with one attached hydrogen (secondary N) is 2. The van der Waals surface area contributed by atoms with Gasteiger partial charge in [-0.3, -0.25) is 4.79 Å². The van der Waals surface area contributed by atoms with E-state index in [9.17, 15) is 13.2 Å². The van der Waals surface area contributed by atoms with Crippen molar-refractivity contribution in [1.29, 1.82) is 0 Å². The van der Waals surface area contributed by atoms with Crippen LogP contribution in [0.3, 0.4) is 0 Å². The molecule has 1 amide bonds. The average molecular weight is 372 g/mol. The molecule has 0 aliphatic heterocycles. The van der Waals surface area contributed by atoms with Crippen LogP contribution < -0.4 is 10.0 Å². The number of sulfonamides is 1. The maximum Gasteiger partial charge on any atom is 0.240 e. The van der Waals surface area contributed by atoms with Gasteiger partial charge in [0.15, 0.2) is 0 Å². The van der Waals surface area contributed by atoms with E-state index in [1.807, 2.05) is 28.8 Å². The maximum atomic E-state index is 12.1. The fourth-order valence-electron chi connectivity index (χ4n) is 2.57. The quantitative estimate of drug-likeness (QED) is 0.627. The molecule has 0 bridgehead atoms. The van der Waals surface area contributed by atoms with Crippen molar-refractivity contribution in [2.45, 2.75) is 17.9 Å². The summed E-state index contributed by atoms with van der Waals surface area (Å²) < 4.78 is 28.5. The van der Waals surface area contributed by atoms with Crippen molar-refractivity contribution < 1.29 is 13.2 Å². The number of aromatic nitrogens is 2. The van der Waals surface area contributed by atoms with Gasteiger partial charge in [0.1, 0.15) is 0 Å². The largest absolute Gasteiger partial charge is 0.354 e. The lowest BCUT2D eigenvalue weighted by Crippen LogP contribution is -2.32. The fraction of sp³-hybridized carbons (Fsp3) is 0.222. The maximum absolute atomic E-state index is 12.1. The Morgan fingerprint density at radius 3 is 2.54 bits per heavy atom. The zero-order chi connectivity index (χ0) is 18.4. The van der Waals surface area contributed by atoms with Gasteiger partial charge in [-0.2, -0.15) is 0 Å². The molecule has 1 heterocycles. The first-order chi connectivity index (χ1) is 12.6. The fourth-order valence-corrected chi connectivity index (χ4v) is 3.63. The van der Waals surface area contributed by atoms with Gasteiger partial charge in [-0.15, -0.1) is 0 Å². The SMILES string of the molecule is O=C(CCNS(=O)(=O)c1ccccc1)NCCn1cnc2ccccc21. The highest BCUT2D eigenvalue weighted by atomic mass is 32.2. The third-order valence-corrected chi connectivity index (χ3v) is 5.38. The third kappa shape index (κ3) is 4.47. The van der Waals surface area contributed by atoms with Crippen LogP contribution in [0.25, 0.3) is 11.0 Å². The number of rotatable bonds is 8. The summed E-state index contributed by atoms with van der Waals surface area (Å²) >= 11 is 0. The Morgan fingerprint density at radius 1 is 1.00 bits per heavy atom. The molecule has 0 spiro atoms. The van der Waals surface area contributed by atoms with Crippen molar-refractivity contribution in [3.63, 3.8) is 0 Å². The lowest BCUT2D eigenvalue weighted by molar-refractivity contribution is -0.120. The van der Waals surface area contributed by atoms with Gasteiger partial charge in [0.05, 0.1) is 22.3 Å². The summed E-state index contributed by atoms with van der Waals surface area (Å²) in [6.07, 6.45) is 1.82. The van der Waals surface area contributed by atoms with Crippen LogP contribution in [0, 0.1) is 0 Å². The van der Waals surface area contributed by atoms with Gasteiger partial charge in [-0.25, -0.2) is 18.1 Å². The molecule has 0 fully saturated rings. The highest BCUT2D eigenvalue weighted by Crippen LogP contribution is 2.11. The van der Waals surface area contributed by atoms with Crippen molar-refractivity contribution in [1.82, 2.24) is 19.6 Å². The van der Waals surface area contributed by atoms with Crippen LogP contribution in [-0.4, -0.2) is 37.0 Å². The van der Waals surface area contributed by atoms with E-state index in [1.165, 1.54) is 12.1 Å². The molecular formula is C18H20N4O3S. The van der Waals surface area contributed by atoms with Crippen LogP contribution in [0.4, 0.5) is 0 Å². The second-order valence-corrected chi connectivity index (χ2v) is 7.50. The number of nitrogens with zero attached hydrogens (tertiary/aromatic N) is 2. The molecular weight excluding hydrogens is 352 g/mol. The first kappa shape index (κ1) is 18.1. The van der Waals surface area contributed by atoms with Crippen LogP contribution in [0.5, 0.6) is 0 Å². The van der Waals surface area contributed by atoms with Crippen LogP contribution in [-0.2, 0) is 21.4 Å². The summed E-state index contributed by atoms with van der Waals surface area (Å²) in [7, 11) is -3.58. The summed E-state index contributed by atoms with van der Waals surface area (Å²) in [6, 6.07) is 15.9. The van der Waals surface area contributed by atoms with Gasteiger partial charge in [-0.1, -0.05) is 30.3 Å². The molecule has 0 unspecified atom stereocenters. The Bertz CT molecular complexity index is 984. The number of carbonyl (C=O) groups is 1. The number of para-hydroxylation sites is 2. The predicted octanol–water partition coefficient (Wildman–Crippen LogP) is 1.52. The molecule has 2 N–H and O–H groups in total. The molecule has 1 aromatic heterocycles. The van der Waals surface area contributed by atoms with E-state index in [0.717, 1.165) is 11.0 Å². The summed E-state index contributed by atoms with van der Waals surface area (Å²) in [4.78, 5) is 16.4. The molecule has 0 radical (unpaired) electrons. The Morgan fingerprint density at radius 2 is 1.73 bits per heavy atom. The molecule has 136 valence electrons. The molecule has 26 heavy (non-hydrogen) atoms. The average Bonchev–Trinajstić information content (AvgIpc) is 3.06. The standard InChI is InChI=1S/C18H20N4O3S/c23-18(10-11-21-26(24,25)15-6-2-1-3-7-15)19-12-13-22-14-20-16-8-4-5-9-17(16)22/h1-9,14,21H,10-13H2,(H,19,23). The Balaban J connectivity index is 1.42. The van der Waals surface area contributed by atoms with Gasteiger partial charge < -0.3 is 9.88 Å². The molecule has 3 rings (SSSR count). The lowest BCUT2D eigenvalue weighted by Gasteiger charge is -2.08. The van der Waals surface area contributed by atoms with Gasteiger partial charge in [-0.05, 0) is 24.3 Å². The van der Waals surface area contributed by atoms with Gasteiger partial charge >= 0.3 is 0 Å². The Hall–Kier alpha value is -2.71. The number of carbonyl (C=O) groups excluding carboxylic acids is 1. The van der Waals surface area contributed by atoms with Crippen molar-refractivity contribution in [3.8, 4) is 0 Å². The van der Waals surface area contributed by atoms with Crippen molar-refractivity contribution in [2.75, 3.05) is 13.1 Å². The molecule has 0 atom stereocenters. The van der Waals surface area contributed by atoms with E-state index in [1.54, 1.807) is 24.5 Å². The smallest absolute Gasteiger partial charge is 0.240 e. The van der Waals surface area contributed by atoms with Gasteiger partial charge in [0.2, 0.25) is 15.9 Å². The molecule has 0 aliphatic carbocycles. The minimum Gasteiger partial charge on any atom is -0.354 e. The highest BCUT2D eigenvalue weighted by Gasteiger charge is 2.13. The van der Waals surface area contributed by atoms with Crippen LogP contribution in [0.2, 0.25) is 0 Å². The van der Waals surface area contributed by atoms with E-state index >= 15 is 0 Å². The molecule has 7 nitrogen and oxygen atoms in total. The van der Waals surface area contributed by atoms with Crippen LogP contribution in [0.15, 0.2) is 65.8 Å². The number of benzene rings is 2. The van der Waals surface area contributed by atoms with E-state index in [-0.39, 0.29) is 23.8 Å². The monoisotopic (exact) mass is 372 g/mol. The number of hydrogen-bond acceptors (Lipinski definition) is 4. The molecule has 8 heteroatoms. The number of amides is 1. The summed E-state index contributed by atoms with van der Waals surface area (Å²) in [5.74, 6) is -0.204. The second-order valence-electron chi connectivity index (χ2n) is 5.74. The third-order valence-electron chi connectivity index (χ3n) is 3.90. The van der Waals surface area contributed by atoms with Crippen molar-refractivity contribution >= 4 is 27.0 Å². The molecule has 3 aromatic rings. The predicted molar refractivity (Wildman–Crippen MR) is 99.0 cm³/mol. The van der Waals surface area contributed by atoms with Gasteiger partial charge in [0, 0.05) is 26.1 Å². The Labute approximate surface area is 152 Å². The van der Waals surface area contributed by atoms with Crippen molar-refractivity contribution in [3.05, 3.63) is 60.9 Å². The van der Waals surface area contributed by atoms with Crippen molar-refractivity contribution in [2.24, 2.45) is 0 Å². The summed E-state index contributed by atoms with van der Waals surface area (Å²) in [5.41, 5.74) is 1.92. The first-order valence-corrected chi connectivity index (χ1v) is 9.76. The first-order valence-electron chi connectivity index (χ1n) is 8.27. The molecule has 0 saturated heterocycles.